The molecule has 0 spiro atoms. The number of hydrogen-bond acceptors (Lipinski definition) is 5. The van der Waals surface area contributed by atoms with Gasteiger partial charge in [0.1, 0.15) is 12.4 Å². The molecular formula is C15H15ClN2O5. The molecule has 0 unspecified atom stereocenters. The quantitative estimate of drug-likeness (QED) is 0.831. The van der Waals surface area contributed by atoms with E-state index >= 15 is 0 Å². The van der Waals surface area contributed by atoms with Crippen molar-refractivity contribution in [3.8, 4) is 5.75 Å². The minimum atomic E-state index is -0.534. The zero-order chi connectivity index (χ0) is 16.4. The Morgan fingerprint density at radius 3 is 3.00 bits per heavy atom. The summed E-state index contributed by atoms with van der Waals surface area (Å²) < 4.78 is 10.5. The van der Waals surface area contributed by atoms with Crippen LogP contribution in [0.1, 0.15) is 5.56 Å². The number of hydrogen-bond donors (Lipinski definition) is 1. The van der Waals surface area contributed by atoms with E-state index in [-0.39, 0.29) is 13.2 Å². The molecule has 1 aromatic rings. The van der Waals surface area contributed by atoms with E-state index < -0.39 is 30.4 Å². The molecule has 1 aromatic carbocycles. The lowest BCUT2D eigenvalue weighted by molar-refractivity contribution is -0.155. The highest BCUT2D eigenvalue weighted by molar-refractivity contribution is 6.30. The average molecular weight is 339 g/mol. The highest BCUT2D eigenvalue weighted by atomic mass is 35.5. The van der Waals surface area contributed by atoms with Crippen LogP contribution < -0.4 is 10.1 Å². The molecule has 7 nitrogen and oxygen atoms in total. The normalized spacial score (nSPS) is 19.6. The molecule has 1 N–H and O–H groups in total. The van der Waals surface area contributed by atoms with Crippen molar-refractivity contribution in [2.75, 3.05) is 26.3 Å². The lowest BCUT2D eigenvalue weighted by Crippen LogP contribution is -2.38. The van der Waals surface area contributed by atoms with Gasteiger partial charge < -0.3 is 14.8 Å². The van der Waals surface area contributed by atoms with E-state index in [4.69, 9.17) is 21.1 Å². The summed E-state index contributed by atoms with van der Waals surface area (Å²) in [5, 5.41) is 3.08. The van der Waals surface area contributed by atoms with Gasteiger partial charge in [-0.3, -0.25) is 14.5 Å². The molecule has 0 aliphatic carbocycles. The summed E-state index contributed by atoms with van der Waals surface area (Å²) in [7, 11) is 0. The van der Waals surface area contributed by atoms with Crippen molar-refractivity contribution in [3.63, 3.8) is 0 Å². The van der Waals surface area contributed by atoms with E-state index in [1.54, 1.807) is 18.2 Å². The fourth-order valence-corrected chi connectivity index (χ4v) is 2.75. The van der Waals surface area contributed by atoms with Gasteiger partial charge in [0, 0.05) is 18.1 Å². The van der Waals surface area contributed by atoms with Crippen molar-refractivity contribution >= 4 is 29.5 Å². The van der Waals surface area contributed by atoms with Gasteiger partial charge >= 0.3 is 12.0 Å². The Kier molecular flexibility index (Phi) is 4.38. The molecular weight excluding hydrogens is 324 g/mol. The van der Waals surface area contributed by atoms with E-state index in [0.29, 0.717) is 23.7 Å². The molecule has 1 fully saturated rings. The van der Waals surface area contributed by atoms with E-state index in [1.165, 1.54) is 0 Å². The molecule has 2 aliphatic rings. The molecule has 3 amide bonds. The number of rotatable bonds is 3. The van der Waals surface area contributed by atoms with E-state index in [9.17, 15) is 14.4 Å². The predicted octanol–water partition coefficient (Wildman–Crippen LogP) is 0.986. The summed E-state index contributed by atoms with van der Waals surface area (Å²) in [5.41, 5.74) is 0.830. The number of amides is 3. The summed E-state index contributed by atoms with van der Waals surface area (Å²) >= 11 is 5.93. The summed E-state index contributed by atoms with van der Waals surface area (Å²) in [6.45, 7) is 0.428. The standard InChI is InChI=1S/C15H15ClN2O5/c16-11-1-2-12-9(6-11)5-10(7-22-12)14(20)23-8-13(19)18-4-3-17-15(18)21/h1-2,6,10H,3-5,7-8H2,(H,17,21)/t10-/m1/s1. The number of carbonyl (C=O) groups is 3. The lowest BCUT2D eigenvalue weighted by atomic mass is 9.97. The Bertz CT molecular complexity index is 663. The molecule has 8 heteroatoms. The fourth-order valence-electron chi connectivity index (χ4n) is 2.55. The zero-order valence-corrected chi connectivity index (χ0v) is 13.0. The van der Waals surface area contributed by atoms with Crippen LogP contribution >= 0.6 is 11.6 Å². The van der Waals surface area contributed by atoms with Gasteiger partial charge in [-0.15, -0.1) is 0 Å². The maximum Gasteiger partial charge on any atom is 0.324 e. The van der Waals surface area contributed by atoms with Crippen LogP contribution in [0.2, 0.25) is 5.02 Å². The Labute approximate surface area is 137 Å². The Hall–Kier alpha value is -2.28. The molecule has 0 radical (unpaired) electrons. The van der Waals surface area contributed by atoms with Gasteiger partial charge in [0.2, 0.25) is 0 Å². The largest absolute Gasteiger partial charge is 0.492 e. The van der Waals surface area contributed by atoms with E-state index in [2.05, 4.69) is 5.32 Å². The summed E-state index contributed by atoms with van der Waals surface area (Å²) in [6, 6.07) is 4.76. The highest BCUT2D eigenvalue weighted by Gasteiger charge is 2.30. The lowest BCUT2D eigenvalue weighted by Gasteiger charge is -2.24. The number of esters is 1. The first-order chi connectivity index (χ1) is 11.0. The summed E-state index contributed by atoms with van der Waals surface area (Å²) in [4.78, 5) is 36.3. The van der Waals surface area contributed by atoms with Crippen LogP contribution in [0.5, 0.6) is 5.75 Å². The van der Waals surface area contributed by atoms with Gasteiger partial charge in [0.05, 0.1) is 5.92 Å². The van der Waals surface area contributed by atoms with Crippen LogP contribution in [0, 0.1) is 5.92 Å². The third-order valence-corrected chi connectivity index (χ3v) is 3.99. The van der Waals surface area contributed by atoms with Crippen molar-refractivity contribution in [1.29, 1.82) is 0 Å². The monoisotopic (exact) mass is 338 g/mol. The van der Waals surface area contributed by atoms with Crippen molar-refractivity contribution in [1.82, 2.24) is 10.2 Å². The Morgan fingerprint density at radius 2 is 2.26 bits per heavy atom. The molecule has 2 heterocycles. The average Bonchev–Trinajstić information content (AvgIpc) is 2.97. The third-order valence-electron chi connectivity index (χ3n) is 3.76. The molecule has 0 aromatic heterocycles. The van der Waals surface area contributed by atoms with Crippen LogP contribution in [-0.4, -0.2) is 49.1 Å². The maximum absolute atomic E-state index is 12.1. The second-order valence-corrected chi connectivity index (χ2v) is 5.79. The number of nitrogens with zero attached hydrogens (tertiary/aromatic N) is 1. The first-order valence-electron chi connectivity index (χ1n) is 7.20. The summed E-state index contributed by atoms with van der Waals surface area (Å²) in [5.74, 6) is -0.860. The van der Waals surface area contributed by atoms with Gasteiger partial charge in [-0.05, 0) is 30.2 Å². The number of benzene rings is 1. The molecule has 23 heavy (non-hydrogen) atoms. The first-order valence-corrected chi connectivity index (χ1v) is 7.58. The molecule has 2 aliphatic heterocycles. The van der Waals surface area contributed by atoms with Crippen LogP contribution in [-0.2, 0) is 20.7 Å². The maximum atomic E-state index is 12.1. The summed E-state index contributed by atoms with van der Waals surface area (Å²) in [6.07, 6.45) is 0.438. The SMILES string of the molecule is O=C(OCC(=O)N1CCNC1=O)[C@H]1COc2ccc(Cl)cc2C1. The fraction of sp³-hybridized carbons (Fsp3) is 0.400. The van der Waals surface area contributed by atoms with E-state index in [0.717, 1.165) is 10.5 Å². The Morgan fingerprint density at radius 1 is 1.43 bits per heavy atom. The van der Waals surface area contributed by atoms with Crippen molar-refractivity contribution in [3.05, 3.63) is 28.8 Å². The number of urea groups is 1. The molecule has 1 saturated heterocycles. The van der Waals surface area contributed by atoms with E-state index in [1.807, 2.05) is 0 Å². The number of fused-ring (bicyclic) bond motifs is 1. The highest BCUT2D eigenvalue weighted by Crippen LogP contribution is 2.30. The minimum absolute atomic E-state index is 0.186. The second kappa shape index (κ2) is 6.45. The number of halogens is 1. The van der Waals surface area contributed by atoms with Crippen LogP contribution in [0.25, 0.3) is 0 Å². The third kappa shape index (κ3) is 3.39. The number of carbonyl (C=O) groups excluding carboxylic acids is 3. The van der Waals surface area contributed by atoms with Gasteiger partial charge in [-0.2, -0.15) is 0 Å². The minimum Gasteiger partial charge on any atom is -0.492 e. The Balaban J connectivity index is 1.55. The molecule has 122 valence electrons. The second-order valence-electron chi connectivity index (χ2n) is 5.35. The van der Waals surface area contributed by atoms with Crippen LogP contribution in [0.15, 0.2) is 18.2 Å². The number of nitrogens with one attached hydrogen (secondary N) is 1. The van der Waals surface area contributed by atoms with Gasteiger partial charge in [0.25, 0.3) is 5.91 Å². The van der Waals surface area contributed by atoms with Crippen LogP contribution in [0.4, 0.5) is 4.79 Å². The van der Waals surface area contributed by atoms with Gasteiger partial charge in [0.15, 0.2) is 6.61 Å². The topological polar surface area (TPSA) is 84.9 Å². The zero-order valence-electron chi connectivity index (χ0n) is 12.2. The molecule has 3 rings (SSSR count). The van der Waals surface area contributed by atoms with Crippen molar-refractivity contribution in [2.24, 2.45) is 5.92 Å². The van der Waals surface area contributed by atoms with Crippen molar-refractivity contribution < 1.29 is 23.9 Å². The smallest absolute Gasteiger partial charge is 0.324 e. The molecule has 1 atom stereocenters. The number of imide groups is 1. The predicted molar refractivity (Wildman–Crippen MR) is 80.2 cm³/mol. The van der Waals surface area contributed by atoms with Gasteiger partial charge in [-0.1, -0.05) is 11.6 Å². The van der Waals surface area contributed by atoms with Crippen LogP contribution in [0.3, 0.4) is 0 Å². The molecule has 0 saturated carbocycles. The first kappa shape index (κ1) is 15.6. The van der Waals surface area contributed by atoms with Crippen molar-refractivity contribution in [2.45, 2.75) is 6.42 Å². The number of ether oxygens (including phenoxy) is 2. The molecule has 0 bridgehead atoms. The van der Waals surface area contributed by atoms with Gasteiger partial charge in [-0.25, -0.2) is 4.79 Å².